The molecule has 6 nitrogen and oxygen atoms in total. The third-order valence-electron chi connectivity index (χ3n) is 2.50. The van der Waals surface area contributed by atoms with E-state index in [-0.39, 0.29) is 0 Å². The van der Waals surface area contributed by atoms with Gasteiger partial charge in [0, 0.05) is 5.56 Å². The maximum atomic E-state index is 11.7. The molecule has 0 spiro atoms. The Morgan fingerprint density at radius 3 is 2.14 bits per heavy atom. The van der Waals surface area contributed by atoms with E-state index < -0.39 is 11.9 Å². The van der Waals surface area contributed by atoms with Gasteiger partial charge < -0.3 is 0 Å². The summed E-state index contributed by atoms with van der Waals surface area (Å²) >= 11 is 0. The van der Waals surface area contributed by atoms with Gasteiger partial charge in [0.05, 0.1) is 6.21 Å². The zero-order chi connectivity index (χ0) is 14.9. The topological polar surface area (TPSA) is 82.6 Å². The maximum absolute atomic E-state index is 11.7. The SMILES string of the molecule is O=C(N/N=C/c1ccccc1)NNC(=O)c1ccccc1. The number of hydrazine groups is 1. The molecule has 0 aliphatic heterocycles. The molecule has 0 saturated heterocycles. The predicted molar refractivity (Wildman–Crippen MR) is 79.6 cm³/mol. The first-order valence-corrected chi connectivity index (χ1v) is 6.25. The molecule has 106 valence electrons. The van der Waals surface area contributed by atoms with Crippen LogP contribution < -0.4 is 16.3 Å². The number of carbonyl (C=O) groups excluding carboxylic acids is 2. The van der Waals surface area contributed by atoms with Crippen molar-refractivity contribution in [3.05, 3.63) is 71.8 Å². The number of hydrazone groups is 1. The van der Waals surface area contributed by atoms with E-state index in [9.17, 15) is 9.59 Å². The van der Waals surface area contributed by atoms with Gasteiger partial charge in [-0.15, -0.1) is 0 Å². The molecule has 0 aliphatic rings. The average molecular weight is 282 g/mol. The lowest BCUT2D eigenvalue weighted by atomic mass is 10.2. The van der Waals surface area contributed by atoms with Crippen LogP contribution in [0.4, 0.5) is 4.79 Å². The molecule has 2 rings (SSSR count). The highest BCUT2D eigenvalue weighted by atomic mass is 16.2. The molecular formula is C15H14N4O2. The van der Waals surface area contributed by atoms with E-state index in [0.29, 0.717) is 5.56 Å². The molecule has 0 fully saturated rings. The Morgan fingerprint density at radius 1 is 0.857 bits per heavy atom. The van der Waals surface area contributed by atoms with Crippen molar-refractivity contribution >= 4 is 18.2 Å². The summed E-state index contributed by atoms with van der Waals surface area (Å²) in [6, 6.07) is 17.2. The van der Waals surface area contributed by atoms with Gasteiger partial charge in [-0.1, -0.05) is 48.5 Å². The Kier molecular flexibility index (Phi) is 5.05. The number of nitrogens with one attached hydrogen (secondary N) is 3. The Hall–Kier alpha value is -3.15. The van der Waals surface area contributed by atoms with E-state index in [1.807, 2.05) is 30.3 Å². The van der Waals surface area contributed by atoms with Gasteiger partial charge in [-0.3, -0.25) is 10.2 Å². The van der Waals surface area contributed by atoms with E-state index >= 15 is 0 Å². The Labute approximate surface area is 121 Å². The van der Waals surface area contributed by atoms with Crippen LogP contribution >= 0.6 is 0 Å². The quantitative estimate of drug-likeness (QED) is 0.591. The summed E-state index contributed by atoms with van der Waals surface area (Å²) in [6.07, 6.45) is 1.50. The van der Waals surface area contributed by atoms with Gasteiger partial charge in [0.25, 0.3) is 5.91 Å². The van der Waals surface area contributed by atoms with Crippen LogP contribution in [0.25, 0.3) is 0 Å². The van der Waals surface area contributed by atoms with Crippen molar-refractivity contribution in [3.63, 3.8) is 0 Å². The minimum atomic E-state index is -0.633. The summed E-state index contributed by atoms with van der Waals surface area (Å²) in [5.74, 6) is -0.405. The van der Waals surface area contributed by atoms with Crippen LogP contribution in [0, 0.1) is 0 Å². The fourth-order valence-electron chi connectivity index (χ4n) is 1.51. The first kappa shape index (κ1) is 14.3. The van der Waals surface area contributed by atoms with Gasteiger partial charge in [-0.2, -0.15) is 5.10 Å². The van der Waals surface area contributed by atoms with E-state index in [4.69, 9.17) is 0 Å². The zero-order valence-electron chi connectivity index (χ0n) is 11.1. The summed E-state index contributed by atoms with van der Waals surface area (Å²) in [6.45, 7) is 0. The molecule has 0 radical (unpaired) electrons. The highest BCUT2D eigenvalue weighted by molar-refractivity contribution is 5.95. The lowest BCUT2D eigenvalue weighted by Gasteiger charge is -2.06. The van der Waals surface area contributed by atoms with Gasteiger partial charge in [0.1, 0.15) is 0 Å². The Balaban J connectivity index is 1.75. The summed E-state index contributed by atoms with van der Waals surface area (Å²) in [5, 5.41) is 3.75. The Morgan fingerprint density at radius 2 is 1.48 bits per heavy atom. The van der Waals surface area contributed by atoms with Crippen molar-refractivity contribution in [2.45, 2.75) is 0 Å². The average Bonchev–Trinajstić information content (AvgIpc) is 2.54. The fourth-order valence-corrected chi connectivity index (χ4v) is 1.51. The number of nitrogens with zero attached hydrogens (tertiary/aromatic N) is 1. The lowest BCUT2D eigenvalue weighted by Crippen LogP contribution is -2.45. The van der Waals surface area contributed by atoms with Crippen LogP contribution in [-0.4, -0.2) is 18.2 Å². The van der Waals surface area contributed by atoms with E-state index in [0.717, 1.165) is 5.56 Å². The summed E-state index contributed by atoms with van der Waals surface area (Å²) < 4.78 is 0. The molecule has 0 bridgehead atoms. The lowest BCUT2D eigenvalue weighted by molar-refractivity contribution is 0.0936. The fraction of sp³-hybridized carbons (Fsp3) is 0. The maximum Gasteiger partial charge on any atom is 0.353 e. The van der Waals surface area contributed by atoms with Crippen LogP contribution in [-0.2, 0) is 0 Å². The molecule has 0 atom stereocenters. The normalized spacial score (nSPS) is 10.1. The first-order chi connectivity index (χ1) is 10.3. The number of benzene rings is 2. The number of hydrogen-bond donors (Lipinski definition) is 3. The molecule has 21 heavy (non-hydrogen) atoms. The van der Waals surface area contributed by atoms with Gasteiger partial charge in [-0.25, -0.2) is 15.6 Å². The first-order valence-electron chi connectivity index (χ1n) is 6.25. The molecule has 6 heteroatoms. The molecule has 0 aromatic heterocycles. The van der Waals surface area contributed by atoms with Crippen LogP contribution in [0.1, 0.15) is 15.9 Å². The van der Waals surface area contributed by atoms with E-state index in [2.05, 4.69) is 21.4 Å². The highest BCUT2D eigenvalue weighted by Gasteiger charge is 2.05. The van der Waals surface area contributed by atoms with E-state index in [1.54, 1.807) is 30.3 Å². The monoisotopic (exact) mass is 282 g/mol. The van der Waals surface area contributed by atoms with Gasteiger partial charge >= 0.3 is 6.03 Å². The summed E-state index contributed by atoms with van der Waals surface area (Å²) in [4.78, 5) is 23.1. The molecule has 0 heterocycles. The number of amides is 3. The van der Waals surface area contributed by atoms with E-state index in [1.165, 1.54) is 6.21 Å². The molecular weight excluding hydrogens is 268 g/mol. The third-order valence-corrected chi connectivity index (χ3v) is 2.50. The van der Waals surface area contributed by atoms with Crippen LogP contribution in [0.15, 0.2) is 65.8 Å². The van der Waals surface area contributed by atoms with Crippen molar-refractivity contribution < 1.29 is 9.59 Å². The molecule has 0 saturated carbocycles. The summed E-state index contributed by atoms with van der Waals surface area (Å²) in [7, 11) is 0. The smallest absolute Gasteiger partial charge is 0.267 e. The number of rotatable bonds is 3. The second kappa shape index (κ2) is 7.44. The van der Waals surface area contributed by atoms with Gasteiger partial charge in [-0.05, 0) is 17.7 Å². The predicted octanol–water partition coefficient (Wildman–Crippen LogP) is 1.66. The van der Waals surface area contributed by atoms with Crippen molar-refractivity contribution in [1.29, 1.82) is 0 Å². The number of hydrogen-bond acceptors (Lipinski definition) is 3. The minimum absolute atomic E-state index is 0.405. The van der Waals surface area contributed by atoms with Crippen LogP contribution in [0.5, 0.6) is 0 Å². The van der Waals surface area contributed by atoms with Crippen LogP contribution in [0.2, 0.25) is 0 Å². The second-order valence-corrected chi connectivity index (χ2v) is 4.05. The standard InChI is InChI=1S/C15H14N4O2/c20-14(13-9-5-2-6-10-13)17-19-15(21)18-16-11-12-7-3-1-4-8-12/h1-11H,(H,17,20)(H2,18,19,21)/b16-11+. The minimum Gasteiger partial charge on any atom is -0.267 e. The Bertz CT molecular complexity index is 627. The van der Waals surface area contributed by atoms with Crippen LogP contribution in [0.3, 0.4) is 0 Å². The molecule has 0 aliphatic carbocycles. The van der Waals surface area contributed by atoms with Crippen molar-refractivity contribution in [2.75, 3.05) is 0 Å². The number of urea groups is 1. The number of carbonyl (C=O) groups is 2. The van der Waals surface area contributed by atoms with Gasteiger partial charge in [0.15, 0.2) is 0 Å². The molecule has 3 amide bonds. The molecule has 0 unspecified atom stereocenters. The molecule has 2 aromatic carbocycles. The van der Waals surface area contributed by atoms with Crippen molar-refractivity contribution in [1.82, 2.24) is 16.3 Å². The van der Waals surface area contributed by atoms with Crippen molar-refractivity contribution in [2.24, 2.45) is 5.10 Å². The molecule has 2 aromatic rings. The zero-order valence-corrected chi connectivity index (χ0v) is 11.1. The van der Waals surface area contributed by atoms with Crippen molar-refractivity contribution in [3.8, 4) is 0 Å². The largest absolute Gasteiger partial charge is 0.353 e. The highest BCUT2D eigenvalue weighted by Crippen LogP contribution is 1.96. The van der Waals surface area contributed by atoms with Gasteiger partial charge in [0.2, 0.25) is 0 Å². The molecule has 3 N–H and O–H groups in total. The third kappa shape index (κ3) is 4.79. The summed E-state index contributed by atoms with van der Waals surface area (Å²) in [5.41, 5.74) is 8.02. The second-order valence-electron chi connectivity index (χ2n) is 4.05.